The molecular formula is C14H17N3OS. The molecule has 0 atom stereocenters. The molecule has 1 amide bonds. The van der Waals surface area contributed by atoms with Crippen LogP contribution in [0.4, 0.5) is 0 Å². The van der Waals surface area contributed by atoms with E-state index in [0.29, 0.717) is 23.8 Å². The molecule has 1 aliphatic rings. The lowest BCUT2D eigenvalue weighted by molar-refractivity contribution is -0.121. The normalized spacial score (nSPS) is 14.8. The molecule has 1 aromatic heterocycles. The van der Waals surface area contributed by atoms with Crippen LogP contribution >= 0.6 is 12.2 Å². The zero-order valence-corrected chi connectivity index (χ0v) is 11.7. The van der Waals surface area contributed by atoms with Gasteiger partial charge in [0.05, 0.1) is 11.0 Å². The van der Waals surface area contributed by atoms with Gasteiger partial charge in [-0.3, -0.25) is 4.79 Å². The van der Waals surface area contributed by atoms with E-state index in [0.717, 1.165) is 23.9 Å². The number of benzene rings is 1. The first-order chi connectivity index (χ1) is 9.13. The van der Waals surface area contributed by atoms with Crippen LogP contribution in [0.15, 0.2) is 18.2 Å². The first-order valence-electron chi connectivity index (χ1n) is 6.62. The van der Waals surface area contributed by atoms with Crippen LogP contribution in [0, 0.1) is 11.7 Å². The van der Waals surface area contributed by atoms with Crippen molar-refractivity contribution >= 4 is 29.2 Å². The van der Waals surface area contributed by atoms with Crippen molar-refractivity contribution in [2.45, 2.75) is 38.8 Å². The van der Waals surface area contributed by atoms with Crippen LogP contribution in [-0.4, -0.2) is 21.5 Å². The van der Waals surface area contributed by atoms with E-state index in [-0.39, 0.29) is 5.91 Å². The minimum Gasteiger partial charge on any atom is -0.353 e. The Morgan fingerprint density at radius 1 is 1.53 bits per heavy atom. The van der Waals surface area contributed by atoms with Gasteiger partial charge in [-0.05, 0) is 49.7 Å². The van der Waals surface area contributed by atoms with Gasteiger partial charge in [0.25, 0.3) is 0 Å². The number of fused-ring (bicyclic) bond motifs is 1. The molecule has 2 aromatic rings. The third-order valence-corrected chi connectivity index (χ3v) is 3.76. The van der Waals surface area contributed by atoms with E-state index in [1.54, 1.807) is 0 Å². The number of H-pyrrole nitrogens is 1. The standard InChI is InChI=1S/C14H17N3OS/c1-9-2-5-11-12(8-9)17(14(19)16-11)7-6-13(18)15-10-3-4-10/h2,5,8,10H,3-4,6-7H2,1H3,(H,15,18)(H,16,19). The summed E-state index contributed by atoms with van der Waals surface area (Å²) in [5.41, 5.74) is 3.29. The van der Waals surface area contributed by atoms with Crippen molar-refractivity contribution in [3.05, 3.63) is 28.5 Å². The lowest BCUT2D eigenvalue weighted by Gasteiger charge is -2.06. The van der Waals surface area contributed by atoms with Crippen molar-refractivity contribution in [1.82, 2.24) is 14.9 Å². The first-order valence-corrected chi connectivity index (χ1v) is 7.03. The van der Waals surface area contributed by atoms with Crippen molar-refractivity contribution in [2.75, 3.05) is 0 Å². The van der Waals surface area contributed by atoms with E-state index < -0.39 is 0 Å². The third-order valence-electron chi connectivity index (χ3n) is 3.44. The average Bonchev–Trinajstić information content (AvgIpc) is 3.11. The number of hydrogen-bond acceptors (Lipinski definition) is 2. The van der Waals surface area contributed by atoms with Crippen LogP contribution in [0.1, 0.15) is 24.8 Å². The smallest absolute Gasteiger partial charge is 0.222 e. The number of amides is 1. The molecule has 0 bridgehead atoms. The number of carbonyl (C=O) groups is 1. The van der Waals surface area contributed by atoms with Gasteiger partial charge in [0.15, 0.2) is 4.77 Å². The molecule has 3 rings (SSSR count). The topological polar surface area (TPSA) is 49.8 Å². The summed E-state index contributed by atoms with van der Waals surface area (Å²) < 4.78 is 2.68. The maximum absolute atomic E-state index is 11.7. The fourth-order valence-corrected chi connectivity index (χ4v) is 2.53. The van der Waals surface area contributed by atoms with Crippen molar-refractivity contribution in [3.8, 4) is 0 Å². The number of nitrogens with one attached hydrogen (secondary N) is 2. The Labute approximate surface area is 116 Å². The number of rotatable bonds is 4. The molecule has 0 saturated heterocycles. The molecule has 0 radical (unpaired) electrons. The monoisotopic (exact) mass is 275 g/mol. The molecule has 0 aliphatic heterocycles. The minimum absolute atomic E-state index is 0.117. The molecule has 2 N–H and O–H groups in total. The summed E-state index contributed by atoms with van der Waals surface area (Å²) in [4.78, 5) is 14.9. The predicted molar refractivity (Wildman–Crippen MR) is 77.6 cm³/mol. The van der Waals surface area contributed by atoms with Crippen molar-refractivity contribution in [3.63, 3.8) is 0 Å². The lowest BCUT2D eigenvalue weighted by Crippen LogP contribution is -2.26. The minimum atomic E-state index is 0.117. The van der Waals surface area contributed by atoms with E-state index in [2.05, 4.69) is 29.4 Å². The second-order valence-electron chi connectivity index (χ2n) is 5.19. The molecule has 5 heteroatoms. The van der Waals surface area contributed by atoms with Crippen molar-refractivity contribution in [2.24, 2.45) is 0 Å². The van der Waals surface area contributed by atoms with Crippen LogP contribution in [0.2, 0.25) is 0 Å². The number of aromatic nitrogens is 2. The second-order valence-corrected chi connectivity index (χ2v) is 5.58. The average molecular weight is 275 g/mol. The molecule has 1 saturated carbocycles. The summed E-state index contributed by atoms with van der Waals surface area (Å²) in [5.74, 6) is 0.117. The molecule has 1 fully saturated rings. The highest BCUT2D eigenvalue weighted by Crippen LogP contribution is 2.19. The van der Waals surface area contributed by atoms with Gasteiger partial charge in [-0.25, -0.2) is 0 Å². The highest BCUT2D eigenvalue weighted by atomic mass is 32.1. The fourth-order valence-electron chi connectivity index (χ4n) is 2.23. The van der Waals surface area contributed by atoms with Gasteiger partial charge in [-0.2, -0.15) is 0 Å². The van der Waals surface area contributed by atoms with Gasteiger partial charge < -0.3 is 14.9 Å². The Kier molecular flexibility index (Phi) is 3.14. The molecule has 4 nitrogen and oxygen atoms in total. The van der Waals surface area contributed by atoms with E-state index >= 15 is 0 Å². The second kappa shape index (κ2) is 4.81. The van der Waals surface area contributed by atoms with Crippen LogP contribution in [0.25, 0.3) is 11.0 Å². The Morgan fingerprint density at radius 3 is 3.05 bits per heavy atom. The summed E-state index contributed by atoms with van der Waals surface area (Å²) in [7, 11) is 0. The zero-order valence-electron chi connectivity index (χ0n) is 10.9. The molecule has 1 heterocycles. The van der Waals surface area contributed by atoms with Crippen LogP contribution < -0.4 is 5.32 Å². The van der Waals surface area contributed by atoms with E-state index in [1.807, 2.05) is 10.6 Å². The van der Waals surface area contributed by atoms with E-state index in [9.17, 15) is 4.79 Å². The molecule has 0 spiro atoms. The summed E-state index contributed by atoms with van der Waals surface area (Å²) in [6.45, 7) is 2.68. The van der Waals surface area contributed by atoms with Crippen LogP contribution in [0.3, 0.4) is 0 Å². The Balaban J connectivity index is 1.79. The number of nitrogens with zero attached hydrogens (tertiary/aromatic N) is 1. The van der Waals surface area contributed by atoms with Gasteiger partial charge in [0, 0.05) is 19.0 Å². The molecule has 100 valence electrons. The molecular weight excluding hydrogens is 258 g/mol. The summed E-state index contributed by atoms with van der Waals surface area (Å²) in [6.07, 6.45) is 2.72. The van der Waals surface area contributed by atoms with Crippen molar-refractivity contribution in [1.29, 1.82) is 0 Å². The molecule has 0 unspecified atom stereocenters. The Morgan fingerprint density at radius 2 is 2.32 bits per heavy atom. The molecule has 1 aliphatic carbocycles. The number of aryl methyl sites for hydroxylation is 2. The molecule has 1 aromatic carbocycles. The molecule has 19 heavy (non-hydrogen) atoms. The predicted octanol–water partition coefficient (Wildman–Crippen LogP) is 2.68. The quantitative estimate of drug-likeness (QED) is 0.843. The maximum atomic E-state index is 11.7. The summed E-state index contributed by atoms with van der Waals surface area (Å²) in [5, 5.41) is 3.00. The van der Waals surface area contributed by atoms with Crippen LogP contribution in [0.5, 0.6) is 0 Å². The number of hydrogen-bond donors (Lipinski definition) is 2. The van der Waals surface area contributed by atoms with Gasteiger partial charge in [0.1, 0.15) is 0 Å². The van der Waals surface area contributed by atoms with Crippen molar-refractivity contribution < 1.29 is 4.79 Å². The SMILES string of the molecule is Cc1ccc2[nH]c(=S)n(CCC(=O)NC3CC3)c2c1. The highest BCUT2D eigenvalue weighted by molar-refractivity contribution is 7.71. The van der Waals surface area contributed by atoms with E-state index in [1.165, 1.54) is 5.56 Å². The Hall–Kier alpha value is -1.62. The number of carbonyl (C=O) groups excluding carboxylic acids is 1. The first kappa shape index (κ1) is 12.4. The maximum Gasteiger partial charge on any atom is 0.222 e. The fraction of sp³-hybridized carbons (Fsp3) is 0.429. The zero-order chi connectivity index (χ0) is 13.4. The van der Waals surface area contributed by atoms with Gasteiger partial charge in [0.2, 0.25) is 5.91 Å². The highest BCUT2D eigenvalue weighted by Gasteiger charge is 2.22. The number of aromatic amines is 1. The summed E-state index contributed by atoms with van der Waals surface area (Å²) in [6, 6.07) is 6.60. The lowest BCUT2D eigenvalue weighted by atomic mass is 10.2. The Bertz CT molecular complexity index is 682. The van der Waals surface area contributed by atoms with Gasteiger partial charge in [-0.1, -0.05) is 6.07 Å². The summed E-state index contributed by atoms with van der Waals surface area (Å²) >= 11 is 5.32. The van der Waals surface area contributed by atoms with Crippen LogP contribution in [-0.2, 0) is 11.3 Å². The number of imidazole rings is 1. The van der Waals surface area contributed by atoms with Gasteiger partial charge in [-0.15, -0.1) is 0 Å². The third kappa shape index (κ3) is 2.71. The van der Waals surface area contributed by atoms with Gasteiger partial charge >= 0.3 is 0 Å². The van der Waals surface area contributed by atoms with E-state index in [4.69, 9.17) is 12.2 Å². The largest absolute Gasteiger partial charge is 0.353 e.